The highest BCUT2D eigenvalue weighted by atomic mass is 16.3. The van der Waals surface area contributed by atoms with Crippen molar-refractivity contribution in [2.45, 2.75) is 37.9 Å². The van der Waals surface area contributed by atoms with Gasteiger partial charge in [-0.1, -0.05) is 30.7 Å². The summed E-state index contributed by atoms with van der Waals surface area (Å²) in [6.45, 7) is 0.194. The molecule has 3 aliphatic rings. The molecule has 1 aliphatic carbocycles. The number of nitrogens with zero attached hydrogens (tertiary/aromatic N) is 2. The third-order valence-electron chi connectivity index (χ3n) is 6.97. The highest BCUT2D eigenvalue weighted by Gasteiger charge is 2.58. The number of rotatable bonds is 4. The van der Waals surface area contributed by atoms with Gasteiger partial charge < -0.3 is 19.9 Å². The zero-order valence-corrected chi connectivity index (χ0v) is 16.6. The quantitative estimate of drug-likeness (QED) is 0.808. The molecule has 5 rings (SSSR count). The Balaban J connectivity index is 1.55. The summed E-state index contributed by atoms with van der Waals surface area (Å²) in [6, 6.07) is 13.1. The van der Waals surface area contributed by atoms with Crippen LogP contribution < -0.4 is 10.9 Å². The summed E-state index contributed by atoms with van der Waals surface area (Å²) in [7, 11) is 0. The molecule has 3 heterocycles. The van der Waals surface area contributed by atoms with E-state index in [1.165, 1.54) is 6.07 Å². The SMILES string of the molecule is O=C(Nc1ccccc1)[C@H]1[C@H](CO)[C@H]2Cn3c(cccc3=O)[C@H]2N1C(=O)C1CCC1. The minimum Gasteiger partial charge on any atom is -0.396 e. The second kappa shape index (κ2) is 7.40. The number of aliphatic hydroxyl groups is 1. The summed E-state index contributed by atoms with van der Waals surface area (Å²) in [5.74, 6) is -1.00. The summed E-state index contributed by atoms with van der Waals surface area (Å²) >= 11 is 0. The predicted molar refractivity (Wildman–Crippen MR) is 111 cm³/mol. The van der Waals surface area contributed by atoms with Crippen molar-refractivity contribution in [3.8, 4) is 0 Å². The Morgan fingerprint density at radius 3 is 2.50 bits per heavy atom. The monoisotopic (exact) mass is 407 g/mol. The van der Waals surface area contributed by atoms with Gasteiger partial charge in [-0.15, -0.1) is 0 Å². The molecule has 156 valence electrons. The number of carbonyl (C=O) groups excluding carboxylic acids is 2. The first-order valence-corrected chi connectivity index (χ1v) is 10.6. The van der Waals surface area contributed by atoms with Gasteiger partial charge in [-0.25, -0.2) is 0 Å². The van der Waals surface area contributed by atoms with Crippen molar-refractivity contribution in [3.05, 3.63) is 64.6 Å². The number of pyridine rings is 1. The van der Waals surface area contributed by atoms with Gasteiger partial charge >= 0.3 is 0 Å². The van der Waals surface area contributed by atoms with Crippen LogP contribution in [-0.4, -0.2) is 39.0 Å². The van der Waals surface area contributed by atoms with Crippen LogP contribution in [0.4, 0.5) is 5.69 Å². The molecular formula is C23H25N3O4. The van der Waals surface area contributed by atoms with Crippen LogP contribution in [0, 0.1) is 17.8 Å². The van der Waals surface area contributed by atoms with Crippen LogP contribution in [0.1, 0.15) is 31.0 Å². The first-order valence-electron chi connectivity index (χ1n) is 10.6. The molecule has 7 heteroatoms. The Labute approximate surface area is 174 Å². The smallest absolute Gasteiger partial charge is 0.250 e. The van der Waals surface area contributed by atoms with Gasteiger partial charge in [-0.2, -0.15) is 0 Å². The lowest BCUT2D eigenvalue weighted by atomic mass is 9.84. The van der Waals surface area contributed by atoms with Crippen LogP contribution in [0.15, 0.2) is 53.3 Å². The molecule has 2 aliphatic heterocycles. The van der Waals surface area contributed by atoms with Gasteiger partial charge in [-0.3, -0.25) is 14.4 Å². The van der Waals surface area contributed by atoms with Crippen molar-refractivity contribution in [2.24, 2.45) is 17.8 Å². The number of nitrogens with one attached hydrogen (secondary N) is 1. The molecule has 2 fully saturated rings. The number of hydrogen-bond acceptors (Lipinski definition) is 4. The molecule has 1 saturated heterocycles. The minimum absolute atomic E-state index is 0.0369. The Bertz CT molecular complexity index is 1030. The van der Waals surface area contributed by atoms with E-state index >= 15 is 0 Å². The van der Waals surface area contributed by atoms with E-state index in [1.807, 2.05) is 24.3 Å². The first-order chi connectivity index (χ1) is 14.6. The third kappa shape index (κ3) is 2.88. The molecular weight excluding hydrogens is 382 g/mol. The van der Waals surface area contributed by atoms with Crippen LogP contribution >= 0.6 is 0 Å². The fourth-order valence-electron chi connectivity index (χ4n) is 5.29. The molecule has 1 aromatic heterocycles. The molecule has 1 aromatic carbocycles. The Morgan fingerprint density at radius 2 is 1.83 bits per heavy atom. The number of benzene rings is 1. The number of anilines is 1. The van der Waals surface area contributed by atoms with Crippen LogP contribution in [0.3, 0.4) is 0 Å². The van der Waals surface area contributed by atoms with Crippen molar-refractivity contribution in [1.82, 2.24) is 9.47 Å². The van der Waals surface area contributed by atoms with Crippen molar-refractivity contribution in [1.29, 1.82) is 0 Å². The average molecular weight is 407 g/mol. The van der Waals surface area contributed by atoms with Gasteiger partial charge in [0.05, 0.1) is 6.04 Å². The number of hydrogen-bond donors (Lipinski definition) is 2. The van der Waals surface area contributed by atoms with E-state index in [-0.39, 0.29) is 41.9 Å². The maximum Gasteiger partial charge on any atom is 0.250 e. The molecule has 2 aromatic rings. The maximum atomic E-state index is 13.5. The molecule has 30 heavy (non-hydrogen) atoms. The zero-order chi connectivity index (χ0) is 20.8. The second-order valence-corrected chi connectivity index (χ2v) is 8.53. The molecule has 4 atom stereocenters. The molecule has 0 spiro atoms. The van der Waals surface area contributed by atoms with Gasteiger partial charge in [0, 0.05) is 48.4 Å². The number of likely N-dealkylation sites (tertiary alicyclic amines) is 1. The van der Waals surface area contributed by atoms with Crippen LogP contribution in [0.25, 0.3) is 0 Å². The van der Waals surface area contributed by atoms with Gasteiger partial charge in [0.25, 0.3) is 5.56 Å². The number of para-hydroxylation sites is 1. The minimum atomic E-state index is -0.762. The fraction of sp³-hybridized carbons (Fsp3) is 0.435. The van der Waals surface area contributed by atoms with Crippen molar-refractivity contribution in [2.75, 3.05) is 11.9 Å². The predicted octanol–water partition coefficient (Wildman–Crippen LogP) is 1.78. The molecule has 2 amide bonds. The standard InChI is InChI=1S/C23H25N3O4/c27-13-17-16-12-25-18(10-5-11-19(25)28)20(16)26(23(30)14-6-4-7-14)21(17)22(29)24-15-8-2-1-3-9-15/h1-3,5,8-11,14,16-17,20-21,27H,4,6-7,12-13H2,(H,24,29)/t16-,17-,20+,21-/m1/s1. The summed E-state index contributed by atoms with van der Waals surface area (Å²) < 4.78 is 1.68. The van der Waals surface area contributed by atoms with Crippen molar-refractivity contribution >= 4 is 17.5 Å². The average Bonchev–Trinajstić information content (AvgIpc) is 3.22. The van der Waals surface area contributed by atoms with Gasteiger partial charge in [-0.05, 0) is 31.0 Å². The molecule has 0 bridgehead atoms. The summed E-state index contributed by atoms with van der Waals surface area (Å²) in [5, 5.41) is 13.2. The van der Waals surface area contributed by atoms with E-state index in [4.69, 9.17) is 0 Å². The number of carbonyl (C=O) groups is 2. The third-order valence-corrected chi connectivity index (χ3v) is 6.97. The molecule has 2 N–H and O–H groups in total. The Hall–Kier alpha value is -2.93. The molecule has 7 nitrogen and oxygen atoms in total. The highest BCUT2D eigenvalue weighted by Crippen LogP contribution is 2.50. The highest BCUT2D eigenvalue weighted by molar-refractivity contribution is 5.98. The molecule has 0 radical (unpaired) electrons. The largest absolute Gasteiger partial charge is 0.396 e. The summed E-state index contributed by atoms with van der Waals surface area (Å²) in [4.78, 5) is 40.9. The molecule has 0 unspecified atom stereocenters. The number of amides is 2. The van der Waals surface area contributed by atoms with E-state index in [0.29, 0.717) is 12.2 Å². The number of aliphatic hydroxyl groups excluding tert-OH is 1. The van der Waals surface area contributed by atoms with E-state index in [9.17, 15) is 19.5 Å². The Kier molecular flexibility index (Phi) is 4.70. The van der Waals surface area contributed by atoms with Gasteiger partial charge in [0.15, 0.2) is 0 Å². The number of fused-ring (bicyclic) bond motifs is 3. The fourth-order valence-corrected chi connectivity index (χ4v) is 5.29. The molecule has 1 saturated carbocycles. The van der Waals surface area contributed by atoms with Crippen molar-refractivity contribution in [3.63, 3.8) is 0 Å². The lowest BCUT2D eigenvalue weighted by Gasteiger charge is -2.36. The summed E-state index contributed by atoms with van der Waals surface area (Å²) in [6.07, 6.45) is 2.66. The second-order valence-electron chi connectivity index (χ2n) is 8.53. The normalized spacial score (nSPS) is 27.3. The topological polar surface area (TPSA) is 91.6 Å². The van der Waals surface area contributed by atoms with Gasteiger partial charge in [0.1, 0.15) is 6.04 Å². The summed E-state index contributed by atoms with van der Waals surface area (Å²) in [5.41, 5.74) is 1.30. The van der Waals surface area contributed by atoms with Crippen LogP contribution in [0.2, 0.25) is 0 Å². The van der Waals surface area contributed by atoms with Crippen molar-refractivity contribution < 1.29 is 14.7 Å². The van der Waals surface area contributed by atoms with Gasteiger partial charge in [0.2, 0.25) is 11.8 Å². The van der Waals surface area contributed by atoms with Crippen LogP contribution in [-0.2, 0) is 16.1 Å². The van der Waals surface area contributed by atoms with E-state index in [2.05, 4.69) is 5.32 Å². The first kappa shape index (κ1) is 19.1. The Morgan fingerprint density at radius 1 is 1.07 bits per heavy atom. The van der Waals surface area contributed by atoms with E-state index < -0.39 is 12.0 Å². The number of aromatic nitrogens is 1. The lowest BCUT2D eigenvalue weighted by molar-refractivity contribution is -0.145. The van der Waals surface area contributed by atoms with E-state index in [0.717, 1.165) is 25.0 Å². The zero-order valence-electron chi connectivity index (χ0n) is 16.6. The van der Waals surface area contributed by atoms with Crippen LogP contribution in [0.5, 0.6) is 0 Å². The van der Waals surface area contributed by atoms with E-state index in [1.54, 1.807) is 27.7 Å². The maximum absolute atomic E-state index is 13.5. The lowest BCUT2D eigenvalue weighted by Crippen LogP contribution is -2.50.